The molecule has 18 atom stereocenters. The summed E-state index contributed by atoms with van der Waals surface area (Å²) in [6.45, 7) is 17.4. The Morgan fingerprint density at radius 2 is 1.29 bits per heavy atom. The number of carbonyl (C=O) groups excluding carboxylic acids is 2. The molecule has 16 heteroatoms. The van der Waals surface area contributed by atoms with E-state index in [4.69, 9.17) is 28.4 Å². The molecule has 5 N–H and O–H groups in total. The summed E-state index contributed by atoms with van der Waals surface area (Å²) >= 11 is 0. The van der Waals surface area contributed by atoms with Gasteiger partial charge in [-0.15, -0.1) is 0 Å². The molecule has 15 nitrogen and oxygen atoms in total. The van der Waals surface area contributed by atoms with Gasteiger partial charge in [0.1, 0.15) is 53.2 Å². The third-order valence-corrected chi connectivity index (χ3v) is 24.0. The fourth-order valence-electron chi connectivity index (χ4n) is 14.3. The van der Waals surface area contributed by atoms with Crippen LogP contribution in [0.2, 0.25) is 0 Å². The first-order valence-electron chi connectivity index (χ1n) is 32.3. The second-order valence-electron chi connectivity index (χ2n) is 26.6. The Labute approximate surface area is 520 Å². The summed E-state index contributed by atoms with van der Waals surface area (Å²) in [6.07, 6.45) is -1.74. The maximum absolute atomic E-state index is 14.8. The van der Waals surface area contributed by atoms with Crippen molar-refractivity contribution in [3.63, 3.8) is 0 Å². The summed E-state index contributed by atoms with van der Waals surface area (Å²) in [5.74, 6) is -3.32. The molecule has 87 heavy (non-hydrogen) atoms. The van der Waals surface area contributed by atoms with Crippen LogP contribution in [0.15, 0.2) is 115 Å². The van der Waals surface area contributed by atoms with Crippen LogP contribution in [0.1, 0.15) is 146 Å². The Morgan fingerprint density at radius 1 is 0.724 bits per heavy atom. The van der Waals surface area contributed by atoms with Gasteiger partial charge in [0.15, 0.2) is 12.6 Å². The normalized spacial score (nSPS) is 34.2. The highest BCUT2D eigenvalue weighted by Gasteiger charge is 2.54. The van der Waals surface area contributed by atoms with Crippen LogP contribution in [0.3, 0.4) is 0 Å². The fraction of sp³-hybridized carbons (Fsp3) is 0.634. The molecule has 0 aliphatic carbocycles. The van der Waals surface area contributed by atoms with Gasteiger partial charge in [0.25, 0.3) is 0 Å². The van der Waals surface area contributed by atoms with E-state index < -0.39 is 109 Å². The number of carbonyl (C=O) groups is 2. The van der Waals surface area contributed by atoms with Crippen molar-refractivity contribution in [1.29, 1.82) is 0 Å². The quantitative estimate of drug-likeness (QED) is 0.0300. The number of ether oxygens (including phenoxy) is 6. The standard InChI is InChI=1S/C71H106N2O13P/c1-14-59-71(10,80)64(76)51(6)73(60(74)41-29-18-16-15-17-19-32-42-87(54-35-25-21-26-36-54,55-37-27-22-28-38-55)58-40-31-30-39-56(58)53-33-23-20-24-34-53)46-47(2)44-69(8,79)66(86-68-62(75)57(72(11)12)43-48(3)82-68)49(4)63(50(5)67(78)84-59)85-61-45-70(9,81-13)65(77)52(7)83-61/h20-28,30-31,33-40,47-52,57,59,61-66,68,75-77,79-80H,14-19,29,32,41-46H2,1-13H3/q+1/t47-,48-,49+,50-,51-,52+,57+,59-,61+,62-,63+,64-,65+,66-,68+,69-,70-,71-/m1/s1. The molecule has 0 aromatic heterocycles. The van der Waals surface area contributed by atoms with Crippen molar-refractivity contribution >= 4 is 35.1 Å². The van der Waals surface area contributed by atoms with E-state index in [9.17, 15) is 35.1 Å². The molecule has 3 fully saturated rings. The van der Waals surface area contributed by atoms with Crippen LogP contribution >= 0.6 is 7.26 Å². The molecular formula is C71H106N2O13P+. The first kappa shape index (κ1) is 70.3. The number of likely N-dealkylation sites (N-methyl/N-ethyl adjacent to an activating group) is 1. The number of methoxy groups -OCH3 is 1. The molecule has 0 radical (unpaired) electrons. The van der Waals surface area contributed by atoms with Gasteiger partial charge in [0, 0.05) is 44.0 Å². The maximum Gasteiger partial charge on any atom is 0.311 e. The first-order chi connectivity index (χ1) is 41.3. The average Bonchev–Trinajstić information content (AvgIpc) is 1.03. The summed E-state index contributed by atoms with van der Waals surface area (Å²) < 4.78 is 38.4. The molecule has 3 aliphatic heterocycles. The van der Waals surface area contributed by atoms with E-state index in [0.717, 1.165) is 44.7 Å². The number of benzene rings is 4. The lowest BCUT2D eigenvalue weighted by Gasteiger charge is -2.48. The highest BCUT2D eigenvalue weighted by molar-refractivity contribution is 7.95. The molecule has 0 saturated carbocycles. The minimum atomic E-state index is -2.10. The largest absolute Gasteiger partial charge is 0.459 e. The van der Waals surface area contributed by atoms with Crippen LogP contribution < -0.4 is 15.9 Å². The zero-order valence-electron chi connectivity index (χ0n) is 54.4. The van der Waals surface area contributed by atoms with Crippen LogP contribution in [-0.2, 0) is 38.0 Å². The van der Waals surface area contributed by atoms with Crippen molar-refractivity contribution in [3.05, 3.63) is 115 Å². The molecular weight excluding hydrogens is 1120 g/mol. The van der Waals surface area contributed by atoms with Crippen molar-refractivity contribution in [3.8, 4) is 11.1 Å². The van der Waals surface area contributed by atoms with Gasteiger partial charge in [-0.1, -0.05) is 131 Å². The second kappa shape index (κ2) is 31.2. The smallest absolute Gasteiger partial charge is 0.311 e. The number of rotatable bonds is 21. The lowest BCUT2D eigenvalue weighted by Crippen LogP contribution is -2.60. The minimum absolute atomic E-state index is 0.0633. The first-order valence-corrected chi connectivity index (χ1v) is 34.2. The molecule has 3 aliphatic rings. The van der Waals surface area contributed by atoms with Crippen LogP contribution in [0.5, 0.6) is 0 Å². The molecule has 3 heterocycles. The summed E-state index contributed by atoms with van der Waals surface area (Å²) in [4.78, 5) is 33.1. The van der Waals surface area contributed by atoms with Gasteiger partial charge in [0.05, 0.1) is 53.7 Å². The zero-order chi connectivity index (χ0) is 63.4. The van der Waals surface area contributed by atoms with Gasteiger partial charge in [-0.3, -0.25) is 9.59 Å². The van der Waals surface area contributed by atoms with E-state index in [1.54, 1.807) is 53.4 Å². The second-order valence-corrected chi connectivity index (χ2v) is 30.2. The number of aliphatic hydroxyl groups is 5. The van der Waals surface area contributed by atoms with E-state index in [-0.39, 0.29) is 50.3 Å². The van der Waals surface area contributed by atoms with Crippen LogP contribution in [0, 0.1) is 17.8 Å². The van der Waals surface area contributed by atoms with Gasteiger partial charge in [-0.2, -0.15) is 0 Å². The van der Waals surface area contributed by atoms with Crippen LogP contribution in [-0.4, -0.2) is 171 Å². The Hall–Kier alpha value is -4.19. The number of hydrogen-bond acceptors (Lipinski definition) is 14. The summed E-state index contributed by atoms with van der Waals surface area (Å²) in [5.41, 5.74) is -2.34. The van der Waals surface area contributed by atoms with Gasteiger partial charge < -0.3 is 63.8 Å². The Kier molecular flexibility index (Phi) is 25.2. The number of cyclic esters (lactones) is 1. The number of hydrogen-bond donors (Lipinski definition) is 5. The SMILES string of the molecule is CC[C@H]1OC(=O)[C@H](C)[C@@H](O[C@H]2C[C@@](C)(OC)[C@@H](O)[C@H](C)O2)[C@H](C)[C@@H](O[C@@H]2O[C@H](C)C[C@H](N(C)C)[C@H]2O)[C@](C)(O)C[C@@H](C)CN(C(=O)CCCCCCCCC[P+](c2ccccc2)(c2ccccc2)c2ccccc2-c2ccccc2)[C@H](C)[C@@H](O)[C@]1(C)O. The van der Waals surface area contributed by atoms with Gasteiger partial charge in [0.2, 0.25) is 5.91 Å². The third kappa shape index (κ3) is 16.7. The van der Waals surface area contributed by atoms with Crippen molar-refractivity contribution in [2.45, 2.75) is 237 Å². The highest BCUT2D eigenvalue weighted by Crippen LogP contribution is 2.58. The van der Waals surface area contributed by atoms with E-state index in [1.165, 1.54) is 41.1 Å². The third-order valence-electron chi connectivity index (χ3n) is 19.4. The molecule has 482 valence electrons. The van der Waals surface area contributed by atoms with Crippen molar-refractivity contribution in [2.24, 2.45) is 17.8 Å². The van der Waals surface area contributed by atoms with Crippen molar-refractivity contribution in [2.75, 3.05) is 33.9 Å². The lowest BCUT2D eigenvalue weighted by atomic mass is 9.77. The van der Waals surface area contributed by atoms with E-state index in [2.05, 4.69) is 115 Å². The van der Waals surface area contributed by atoms with Crippen molar-refractivity contribution in [1.82, 2.24) is 9.80 Å². The number of nitrogens with zero attached hydrogens (tertiary/aromatic N) is 2. The Bertz CT molecular complexity index is 2700. The summed E-state index contributed by atoms with van der Waals surface area (Å²) in [5, 5.41) is 65.0. The molecule has 0 unspecified atom stereocenters. The van der Waals surface area contributed by atoms with Crippen LogP contribution in [0.4, 0.5) is 0 Å². The molecule has 0 bridgehead atoms. The molecule has 3 saturated heterocycles. The monoisotopic (exact) mass is 1230 g/mol. The number of aliphatic hydroxyl groups excluding tert-OH is 3. The Balaban J connectivity index is 1.09. The predicted octanol–water partition coefficient (Wildman–Crippen LogP) is 9.58. The molecule has 4 aromatic rings. The molecule has 4 aromatic carbocycles. The maximum atomic E-state index is 14.8. The van der Waals surface area contributed by atoms with Gasteiger partial charge >= 0.3 is 5.97 Å². The highest BCUT2D eigenvalue weighted by atomic mass is 31.2. The zero-order valence-corrected chi connectivity index (χ0v) is 55.3. The molecule has 0 spiro atoms. The number of unbranched alkanes of at least 4 members (excludes halogenated alkanes) is 6. The van der Waals surface area contributed by atoms with E-state index in [1.807, 2.05) is 32.8 Å². The van der Waals surface area contributed by atoms with E-state index >= 15 is 0 Å². The average molecular weight is 1230 g/mol. The fourth-order valence-corrected chi connectivity index (χ4v) is 19.0. The van der Waals surface area contributed by atoms with Gasteiger partial charge in [-0.25, -0.2) is 0 Å². The van der Waals surface area contributed by atoms with E-state index in [0.29, 0.717) is 12.8 Å². The minimum Gasteiger partial charge on any atom is -0.459 e. The van der Waals surface area contributed by atoms with Crippen LogP contribution in [0.25, 0.3) is 11.1 Å². The predicted molar refractivity (Wildman–Crippen MR) is 346 cm³/mol. The topological polar surface area (TPSA) is 197 Å². The molecule has 1 amide bonds. The lowest BCUT2D eigenvalue weighted by molar-refractivity contribution is -0.318. The summed E-state index contributed by atoms with van der Waals surface area (Å²) in [6, 6.07) is 40.6. The number of esters is 1. The van der Waals surface area contributed by atoms with Gasteiger partial charge in [-0.05, 0) is 143 Å². The molecule has 7 rings (SSSR count). The Morgan fingerprint density at radius 3 is 1.87 bits per heavy atom. The summed E-state index contributed by atoms with van der Waals surface area (Å²) in [7, 11) is 3.17. The van der Waals surface area contributed by atoms with Crippen molar-refractivity contribution < 1.29 is 63.5 Å². The number of amides is 1.